The third kappa shape index (κ3) is 6.50. The van der Waals surface area contributed by atoms with Crippen LogP contribution in [-0.4, -0.2) is 49.9 Å². The van der Waals surface area contributed by atoms with Gasteiger partial charge < -0.3 is 20.4 Å². The molecule has 2 amide bonds. The fourth-order valence-corrected chi connectivity index (χ4v) is 4.29. The van der Waals surface area contributed by atoms with E-state index in [2.05, 4.69) is 10.6 Å². The molecule has 12 heteroatoms. The summed E-state index contributed by atoms with van der Waals surface area (Å²) in [6.07, 6.45) is 0. The van der Waals surface area contributed by atoms with E-state index in [0.29, 0.717) is 33.9 Å². The van der Waals surface area contributed by atoms with E-state index in [0.717, 1.165) is 11.1 Å². The van der Waals surface area contributed by atoms with Crippen molar-refractivity contribution < 1.29 is 19.4 Å². The summed E-state index contributed by atoms with van der Waals surface area (Å²) in [5.74, 6) is -0.835. The number of amides is 2. The normalized spacial score (nSPS) is 10.5. The summed E-state index contributed by atoms with van der Waals surface area (Å²) in [6, 6.07) is 22.6. The van der Waals surface area contributed by atoms with Gasteiger partial charge in [-0.05, 0) is 59.7 Å². The number of nitrogens with zero attached hydrogens (tertiary/aromatic N) is 4. The fraction of sp³-hybridized carbons (Fsp3) is 0.133. The van der Waals surface area contributed by atoms with Gasteiger partial charge in [0, 0.05) is 62.8 Å². The third-order valence-electron chi connectivity index (χ3n) is 6.45. The highest BCUT2D eigenvalue weighted by atomic mass is 16.6. The van der Waals surface area contributed by atoms with Gasteiger partial charge in [0.05, 0.1) is 9.85 Å². The topological polar surface area (TPSA) is 151 Å². The highest BCUT2D eigenvalue weighted by Gasteiger charge is 2.19. The Bertz CT molecular complexity index is 1540. The Morgan fingerprint density at radius 2 is 0.905 bits per heavy atom. The van der Waals surface area contributed by atoms with Gasteiger partial charge in [-0.3, -0.25) is 29.8 Å². The Kier molecular flexibility index (Phi) is 8.46. The lowest BCUT2D eigenvalue weighted by molar-refractivity contribution is -0.384. The average Bonchev–Trinajstić information content (AvgIpc) is 2.96. The van der Waals surface area contributed by atoms with Crippen molar-refractivity contribution >= 4 is 45.9 Å². The first kappa shape index (κ1) is 29.2. The van der Waals surface area contributed by atoms with Crippen molar-refractivity contribution in [3.63, 3.8) is 0 Å². The van der Waals surface area contributed by atoms with Gasteiger partial charge in [0.25, 0.3) is 23.2 Å². The van der Waals surface area contributed by atoms with Crippen molar-refractivity contribution in [1.82, 2.24) is 0 Å². The van der Waals surface area contributed by atoms with Crippen LogP contribution in [0.2, 0.25) is 0 Å². The third-order valence-corrected chi connectivity index (χ3v) is 6.45. The number of anilines is 4. The highest BCUT2D eigenvalue weighted by Crippen LogP contribution is 2.31. The molecule has 0 saturated heterocycles. The molecule has 0 aliphatic heterocycles. The van der Waals surface area contributed by atoms with Gasteiger partial charge in [-0.1, -0.05) is 24.3 Å². The summed E-state index contributed by atoms with van der Waals surface area (Å²) in [5, 5.41) is 28.2. The minimum absolute atomic E-state index is 0.117. The van der Waals surface area contributed by atoms with Gasteiger partial charge in [0.2, 0.25) is 0 Å². The predicted octanol–water partition coefficient (Wildman–Crippen LogP) is 5.81. The van der Waals surface area contributed by atoms with E-state index in [1.54, 1.807) is 111 Å². The number of hydrogen-bond acceptors (Lipinski definition) is 8. The van der Waals surface area contributed by atoms with Crippen molar-refractivity contribution in [2.24, 2.45) is 0 Å². The molecular weight excluding hydrogens is 540 g/mol. The van der Waals surface area contributed by atoms with Crippen molar-refractivity contribution in [3.8, 4) is 11.1 Å². The summed E-state index contributed by atoms with van der Waals surface area (Å²) >= 11 is 0. The monoisotopic (exact) mass is 568 g/mol. The summed E-state index contributed by atoms with van der Waals surface area (Å²) in [5.41, 5.74) is 3.56. The van der Waals surface area contributed by atoms with E-state index in [9.17, 15) is 29.8 Å². The van der Waals surface area contributed by atoms with Crippen LogP contribution in [0.5, 0.6) is 0 Å². The molecule has 0 fully saturated rings. The summed E-state index contributed by atoms with van der Waals surface area (Å²) in [4.78, 5) is 50.7. The van der Waals surface area contributed by atoms with Crippen LogP contribution in [0, 0.1) is 20.2 Å². The van der Waals surface area contributed by atoms with Crippen LogP contribution in [-0.2, 0) is 0 Å². The number of carbonyl (C=O) groups excluding carboxylic acids is 2. The van der Waals surface area contributed by atoms with Gasteiger partial charge in [-0.25, -0.2) is 0 Å². The molecule has 0 aromatic heterocycles. The molecule has 0 unspecified atom stereocenters. The Morgan fingerprint density at radius 3 is 1.19 bits per heavy atom. The zero-order valence-electron chi connectivity index (χ0n) is 23.3. The minimum Gasteiger partial charge on any atom is -0.372 e. The highest BCUT2D eigenvalue weighted by molar-refractivity contribution is 6.05. The Morgan fingerprint density at radius 1 is 0.571 bits per heavy atom. The largest absolute Gasteiger partial charge is 0.372 e. The maximum atomic E-state index is 12.8. The molecule has 0 bridgehead atoms. The Hall–Kier alpha value is -5.78. The summed E-state index contributed by atoms with van der Waals surface area (Å²) in [7, 11) is 6.80. The predicted molar refractivity (Wildman–Crippen MR) is 163 cm³/mol. The van der Waals surface area contributed by atoms with Crippen molar-refractivity contribution in [2.75, 3.05) is 48.6 Å². The number of nitro groups is 2. The van der Waals surface area contributed by atoms with Crippen LogP contribution in [0.3, 0.4) is 0 Å². The molecule has 2 N–H and O–H groups in total. The first-order valence-corrected chi connectivity index (χ1v) is 12.7. The summed E-state index contributed by atoms with van der Waals surface area (Å²) in [6.45, 7) is 0. The van der Waals surface area contributed by atoms with E-state index in [1.807, 2.05) is 0 Å². The lowest BCUT2D eigenvalue weighted by Crippen LogP contribution is -2.14. The molecule has 4 rings (SSSR count). The second kappa shape index (κ2) is 12.2. The fourth-order valence-electron chi connectivity index (χ4n) is 4.29. The standard InChI is InChI=1S/C30H28N6O6/c1-33(2)25-15-13-23(17-27(25)35(39)40)31-29(37)21-9-5-19(6-10-21)20-7-11-22(12-8-20)30(38)32-24-14-16-26(34(3)4)28(18-24)36(41)42/h5-18H,1-4H3,(H,31,37)(H,32,38). The number of nitrogens with one attached hydrogen (secondary N) is 2. The molecular formula is C30H28N6O6. The Labute approximate surface area is 241 Å². The maximum Gasteiger partial charge on any atom is 0.294 e. The lowest BCUT2D eigenvalue weighted by atomic mass is 10.0. The molecule has 0 radical (unpaired) electrons. The first-order chi connectivity index (χ1) is 19.9. The average molecular weight is 569 g/mol. The molecule has 214 valence electrons. The zero-order chi connectivity index (χ0) is 30.6. The van der Waals surface area contributed by atoms with E-state index in [-0.39, 0.29) is 11.4 Å². The number of carbonyl (C=O) groups is 2. The number of rotatable bonds is 9. The smallest absolute Gasteiger partial charge is 0.294 e. The maximum absolute atomic E-state index is 12.8. The van der Waals surface area contributed by atoms with Crippen LogP contribution in [0.25, 0.3) is 11.1 Å². The van der Waals surface area contributed by atoms with Crippen LogP contribution in [0.1, 0.15) is 20.7 Å². The SMILES string of the molecule is CN(C)c1ccc(NC(=O)c2ccc(-c3ccc(C(=O)Nc4ccc(N(C)C)c([N+](=O)[O-])c4)cc3)cc2)cc1[N+](=O)[O-]. The second-order valence-corrected chi connectivity index (χ2v) is 9.77. The van der Waals surface area contributed by atoms with Crippen LogP contribution in [0.4, 0.5) is 34.1 Å². The van der Waals surface area contributed by atoms with Crippen LogP contribution in [0.15, 0.2) is 84.9 Å². The zero-order valence-corrected chi connectivity index (χ0v) is 23.3. The van der Waals surface area contributed by atoms with Crippen molar-refractivity contribution in [1.29, 1.82) is 0 Å². The molecule has 4 aromatic carbocycles. The number of nitro benzene ring substituents is 2. The lowest BCUT2D eigenvalue weighted by Gasteiger charge is -2.14. The molecule has 0 aliphatic rings. The van der Waals surface area contributed by atoms with E-state index in [1.165, 1.54) is 12.1 Å². The molecule has 0 spiro atoms. The van der Waals surface area contributed by atoms with E-state index < -0.39 is 21.7 Å². The first-order valence-electron chi connectivity index (χ1n) is 12.7. The molecule has 0 aliphatic carbocycles. The molecule has 0 atom stereocenters. The van der Waals surface area contributed by atoms with Gasteiger partial charge in [0.1, 0.15) is 11.4 Å². The number of benzene rings is 4. The number of hydrogen-bond donors (Lipinski definition) is 2. The van der Waals surface area contributed by atoms with Crippen molar-refractivity contribution in [3.05, 3.63) is 116 Å². The molecule has 12 nitrogen and oxygen atoms in total. The molecule has 0 saturated carbocycles. The van der Waals surface area contributed by atoms with Gasteiger partial charge >= 0.3 is 0 Å². The quantitative estimate of drug-likeness (QED) is 0.190. The van der Waals surface area contributed by atoms with Crippen LogP contribution >= 0.6 is 0 Å². The summed E-state index contributed by atoms with van der Waals surface area (Å²) < 4.78 is 0. The van der Waals surface area contributed by atoms with E-state index >= 15 is 0 Å². The van der Waals surface area contributed by atoms with Gasteiger partial charge in [-0.2, -0.15) is 0 Å². The van der Waals surface area contributed by atoms with E-state index in [4.69, 9.17) is 0 Å². The van der Waals surface area contributed by atoms with Crippen LogP contribution < -0.4 is 20.4 Å². The second-order valence-electron chi connectivity index (χ2n) is 9.77. The van der Waals surface area contributed by atoms with Crippen molar-refractivity contribution in [2.45, 2.75) is 0 Å². The van der Waals surface area contributed by atoms with Gasteiger partial charge in [0.15, 0.2) is 0 Å². The Balaban J connectivity index is 1.43. The molecule has 0 heterocycles. The molecule has 4 aromatic rings. The molecule has 42 heavy (non-hydrogen) atoms. The van der Waals surface area contributed by atoms with Gasteiger partial charge in [-0.15, -0.1) is 0 Å². The minimum atomic E-state index is -0.497.